The minimum Gasteiger partial charge on any atom is -0.380 e. The minimum absolute atomic E-state index is 0.296. The zero-order valence-corrected chi connectivity index (χ0v) is 10.3. The molecule has 0 saturated carbocycles. The first-order valence-electron chi connectivity index (χ1n) is 4.90. The average molecular weight is 205 g/mol. The highest BCUT2D eigenvalue weighted by atomic mass is 32.2. The van der Waals surface area contributed by atoms with Gasteiger partial charge in [-0.05, 0) is 33.1 Å². The summed E-state index contributed by atoms with van der Waals surface area (Å²) in [5, 5.41) is 4.21. The molecule has 0 spiro atoms. The third-order valence-electron chi connectivity index (χ3n) is 2.50. The summed E-state index contributed by atoms with van der Waals surface area (Å²) < 4.78 is 5.23. The van der Waals surface area contributed by atoms with Crippen LogP contribution in [0.25, 0.3) is 0 Å². The van der Waals surface area contributed by atoms with Crippen molar-refractivity contribution < 1.29 is 4.74 Å². The molecule has 3 unspecified atom stereocenters. The van der Waals surface area contributed by atoms with Crippen molar-refractivity contribution in [2.24, 2.45) is 0 Å². The maximum absolute atomic E-state index is 5.23. The van der Waals surface area contributed by atoms with E-state index < -0.39 is 0 Å². The maximum atomic E-state index is 5.23. The summed E-state index contributed by atoms with van der Waals surface area (Å²) >= 11 is 1.92. The zero-order chi connectivity index (χ0) is 10.3. The average Bonchev–Trinajstić information content (AvgIpc) is 2.15. The molecule has 3 atom stereocenters. The SMILES string of the molecule is COC(C)C(C)NCCC(C)SC. The van der Waals surface area contributed by atoms with Gasteiger partial charge in [-0.25, -0.2) is 0 Å². The van der Waals surface area contributed by atoms with Crippen molar-refractivity contribution in [1.29, 1.82) is 0 Å². The Kier molecular flexibility index (Phi) is 7.81. The third-order valence-corrected chi connectivity index (χ3v) is 3.54. The van der Waals surface area contributed by atoms with Crippen LogP contribution in [0.15, 0.2) is 0 Å². The molecule has 0 heterocycles. The van der Waals surface area contributed by atoms with Crippen LogP contribution in [0.1, 0.15) is 27.2 Å². The van der Waals surface area contributed by atoms with Crippen LogP contribution in [0.4, 0.5) is 0 Å². The van der Waals surface area contributed by atoms with E-state index in [0.717, 1.165) is 11.8 Å². The fraction of sp³-hybridized carbons (Fsp3) is 1.00. The van der Waals surface area contributed by atoms with Crippen LogP contribution in [0.5, 0.6) is 0 Å². The van der Waals surface area contributed by atoms with Gasteiger partial charge in [0, 0.05) is 18.4 Å². The van der Waals surface area contributed by atoms with E-state index >= 15 is 0 Å². The lowest BCUT2D eigenvalue weighted by Gasteiger charge is -2.20. The quantitative estimate of drug-likeness (QED) is 0.688. The van der Waals surface area contributed by atoms with Gasteiger partial charge in [-0.2, -0.15) is 11.8 Å². The Morgan fingerprint density at radius 1 is 1.31 bits per heavy atom. The van der Waals surface area contributed by atoms with Crippen molar-refractivity contribution in [3.05, 3.63) is 0 Å². The smallest absolute Gasteiger partial charge is 0.0693 e. The Morgan fingerprint density at radius 3 is 2.38 bits per heavy atom. The molecular weight excluding hydrogens is 182 g/mol. The molecule has 3 heteroatoms. The lowest BCUT2D eigenvalue weighted by molar-refractivity contribution is 0.0888. The molecule has 0 saturated heterocycles. The van der Waals surface area contributed by atoms with Crippen LogP contribution < -0.4 is 5.32 Å². The molecule has 1 N–H and O–H groups in total. The van der Waals surface area contributed by atoms with E-state index in [0.29, 0.717) is 12.1 Å². The number of hydrogen-bond acceptors (Lipinski definition) is 3. The normalized spacial score (nSPS) is 18.2. The number of ether oxygens (including phenoxy) is 1. The largest absolute Gasteiger partial charge is 0.380 e. The fourth-order valence-electron chi connectivity index (χ4n) is 1.00. The van der Waals surface area contributed by atoms with Crippen molar-refractivity contribution in [2.45, 2.75) is 44.6 Å². The molecule has 0 aliphatic rings. The van der Waals surface area contributed by atoms with Gasteiger partial charge >= 0.3 is 0 Å². The first kappa shape index (κ1) is 13.3. The molecule has 0 aromatic heterocycles. The molecule has 13 heavy (non-hydrogen) atoms. The van der Waals surface area contributed by atoms with Crippen molar-refractivity contribution in [3.8, 4) is 0 Å². The first-order valence-corrected chi connectivity index (χ1v) is 6.19. The molecule has 80 valence electrons. The minimum atomic E-state index is 0.296. The monoisotopic (exact) mass is 205 g/mol. The standard InChI is InChI=1S/C10H23NOS/c1-8(13-5)6-7-11-9(2)10(3)12-4/h8-11H,6-7H2,1-5H3. The van der Waals surface area contributed by atoms with E-state index in [1.54, 1.807) is 7.11 Å². The van der Waals surface area contributed by atoms with Crippen molar-refractivity contribution >= 4 is 11.8 Å². The molecular formula is C10H23NOS. The highest BCUT2D eigenvalue weighted by molar-refractivity contribution is 7.99. The summed E-state index contributed by atoms with van der Waals surface area (Å²) in [5.74, 6) is 0. The Balaban J connectivity index is 3.41. The third kappa shape index (κ3) is 6.36. The number of hydrogen-bond donors (Lipinski definition) is 1. The molecule has 0 aromatic carbocycles. The number of methoxy groups -OCH3 is 1. The van der Waals surface area contributed by atoms with E-state index in [9.17, 15) is 0 Å². The van der Waals surface area contributed by atoms with E-state index in [1.807, 2.05) is 11.8 Å². The summed E-state index contributed by atoms with van der Waals surface area (Å²) in [6.07, 6.45) is 3.68. The summed E-state index contributed by atoms with van der Waals surface area (Å²) in [5.41, 5.74) is 0. The van der Waals surface area contributed by atoms with Crippen LogP contribution in [0.3, 0.4) is 0 Å². The summed E-state index contributed by atoms with van der Waals surface area (Å²) in [4.78, 5) is 0. The van der Waals surface area contributed by atoms with Crippen LogP contribution >= 0.6 is 11.8 Å². The van der Waals surface area contributed by atoms with Crippen molar-refractivity contribution in [3.63, 3.8) is 0 Å². The molecule has 0 aliphatic heterocycles. The van der Waals surface area contributed by atoms with Crippen LogP contribution in [-0.4, -0.2) is 37.3 Å². The van der Waals surface area contributed by atoms with E-state index in [4.69, 9.17) is 4.74 Å². The Labute approximate surface area is 86.8 Å². The lowest BCUT2D eigenvalue weighted by Crippen LogP contribution is -2.37. The Bertz CT molecular complexity index is 121. The highest BCUT2D eigenvalue weighted by Gasteiger charge is 2.09. The van der Waals surface area contributed by atoms with Gasteiger partial charge < -0.3 is 10.1 Å². The van der Waals surface area contributed by atoms with E-state index in [1.165, 1.54) is 6.42 Å². The zero-order valence-electron chi connectivity index (χ0n) is 9.46. The van der Waals surface area contributed by atoms with Gasteiger partial charge in [0.1, 0.15) is 0 Å². The highest BCUT2D eigenvalue weighted by Crippen LogP contribution is 2.08. The topological polar surface area (TPSA) is 21.3 Å². The molecule has 0 aromatic rings. The lowest BCUT2D eigenvalue weighted by atomic mass is 10.2. The van der Waals surface area contributed by atoms with Gasteiger partial charge in [-0.3, -0.25) is 0 Å². The van der Waals surface area contributed by atoms with Gasteiger partial charge in [0.05, 0.1) is 6.10 Å². The van der Waals surface area contributed by atoms with E-state index in [-0.39, 0.29) is 0 Å². The Hall–Kier alpha value is 0.270. The van der Waals surface area contributed by atoms with Crippen molar-refractivity contribution in [2.75, 3.05) is 19.9 Å². The van der Waals surface area contributed by atoms with E-state index in [2.05, 4.69) is 32.3 Å². The molecule has 0 rings (SSSR count). The van der Waals surface area contributed by atoms with Gasteiger partial charge in [0.15, 0.2) is 0 Å². The fourth-order valence-corrected chi connectivity index (χ4v) is 1.36. The molecule has 0 bridgehead atoms. The van der Waals surface area contributed by atoms with Gasteiger partial charge in [-0.15, -0.1) is 0 Å². The summed E-state index contributed by atoms with van der Waals surface area (Å²) in [6, 6.07) is 0.444. The molecule has 0 fully saturated rings. The van der Waals surface area contributed by atoms with Gasteiger partial charge in [0.2, 0.25) is 0 Å². The summed E-state index contributed by atoms with van der Waals surface area (Å²) in [6.45, 7) is 7.60. The van der Waals surface area contributed by atoms with Crippen LogP contribution in [0, 0.1) is 0 Å². The van der Waals surface area contributed by atoms with Gasteiger partial charge in [-0.1, -0.05) is 6.92 Å². The number of nitrogens with one attached hydrogen (secondary N) is 1. The molecule has 0 radical (unpaired) electrons. The molecule has 0 amide bonds. The summed E-state index contributed by atoms with van der Waals surface area (Å²) in [7, 11) is 1.76. The second-order valence-electron chi connectivity index (χ2n) is 3.52. The number of thioether (sulfide) groups is 1. The predicted octanol–water partition coefficient (Wildman–Crippen LogP) is 2.14. The van der Waals surface area contributed by atoms with Crippen LogP contribution in [-0.2, 0) is 4.74 Å². The Morgan fingerprint density at radius 2 is 1.92 bits per heavy atom. The number of rotatable bonds is 7. The van der Waals surface area contributed by atoms with Crippen molar-refractivity contribution in [1.82, 2.24) is 5.32 Å². The second-order valence-corrected chi connectivity index (χ2v) is 4.79. The molecule has 0 aliphatic carbocycles. The van der Waals surface area contributed by atoms with Gasteiger partial charge in [0.25, 0.3) is 0 Å². The maximum Gasteiger partial charge on any atom is 0.0693 e. The second kappa shape index (κ2) is 7.65. The molecule has 2 nitrogen and oxygen atoms in total. The van der Waals surface area contributed by atoms with Crippen LogP contribution in [0.2, 0.25) is 0 Å². The predicted molar refractivity (Wildman–Crippen MR) is 61.5 cm³/mol. The first-order chi connectivity index (χ1) is 6.11.